The third-order valence-electron chi connectivity index (χ3n) is 6.59. The highest BCUT2D eigenvalue weighted by Crippen LogP contribution is 2.42. The molecule has 2 atom stereocenters. The zero-order valence-electron chi connectivity index (χ0n) is 18.1. The molecule has 1 aliphatic heterocycles. The largest absolute Gasteiger partial charge is 0.504 e. The van der Waals surface area contributed by atoms with E-state index in [4.69, 9.17) is 15.2 Å². The normalized spacial score (nSPS) is 19.4. The second-order valence-electron chi connectivity index (χ2n) is 8.70. The van der Waals surface area contributed by atoms with E-state index in [9.17, 15) is 10.2 Å². The first-order chi connectivity index (χ1) is 15.1. The van der Waals surface area contributed by atoms with Crippen LogP contribution in [0.15, 0.2) is 30.3 Å². The maximum atomic E-state index is 10.2. The number of phenolic OH excluding ortho intramolecular Hbond substituents is 2. The van der Waals surface area contributed by atoms with Gasteiger partial charge < -0.3 is 30.7 Å². The summed E-state index contributed by atoms with van der Waals surface area (Å²) >= 11 is 0. The van der Waals surface area contributed by atoms with E-state index in [1.54, 1.807) is 6.07 Å². The number of rotatable bonds is 10. The maximum absolute atomic E-state index is 10.2. The summed E-state index contributed by atoms with van der Waals surface area (Å²) < 4.78 is 10.8. The van der Waals surface area contributed by atoms with Crippen LogP contribution in [-0.4, -0.2) is 36.1 Å². The molecule has 0 spiro atoms. The molecule has 1 aliphatic carbocycles. The van der Waals surface area contributed by atoms with Gasteiger partial charge in [-0.3, -0.25) is 0 Å². The van der Waals surface area contributed by atoms with Crippen molar-refractivity contribution in [3.63, 3.8) is 0 Å². The van der Waals surface area contributed by atoms with E-state index in [1.807, 2.05) is 12.1 Å². The summed E-state index contributed by atoms with van der Waals surface area (Å²) in [6.45, 7) is 2.31. The lowest BCUT2D eigenvalue weighted by Gasteiger charge is -2.32. The van der Waals surface area contributed by atoms with Crippen LogP contribution in [-0.2, 0) is 12.8 Å². The van der Waals surface area contributed by atoms with E-state index < -0.39 is 0 Å². The average molecular weight is 427 g/mol. The van der Waals surface area contributed by atoms with Gasteiger partial charge in [-0.05, 0) is 80.4 Å². The van der Waals surface area contributed by atoms with Gasteiger partial charge in [-0.1, -0.05) is 31.4 Å². The van der Waals surface area contributed by atoms with Gasteiger partial charge in [-0.25, -0.2) is 0 Å². The van der Waals surface area contributed by atoms with Gasteiger partial charge in [0.2, 0.25) is 6.79 Å². The number of benzene rings is 2. The highest BCUT2D eigenvalue weighted by molar-refractivity contribution is 5.51. The van der Waals surface area contributed by atoms with Crippen LogP contribution in [0.5, 0.6) is 23.0 Å². The van der Waals surface area contributed by atoms with Gasteiger partial charge in [0.05, 0.1) is 0 Å². The topological polar surface area (TPSA) is 97.0 Å². The van der Waals surface area contributed by atoms with Crippen LogP contribution in [0.2, 0.25) is 0 Å². The molecule has 5 N–H and O–H groups in total. The van der Waals surface area contributed by atoms with Gasteiger partial charge >= 0.3 is 0 Å². The predicted molar refractivity (Wildman–Crippen MR) is 121 cm³/mol. The first kappa shape index (κ1) is 21.8. The summed E-state index contributed by atoms with van der Waals surface area (Å²) in [6.07, 6.45) is 8.32. The average Bonchev–Trinajstić information content (AvgIpc) is 3.24. The summed E-state index contributed by atoms with van der Waals surface area (Å²) in [7, 11) is 0. The molecule has 6 nitrogen and oxygen atoms in total. The van der Waals surface area contributed by atoms with Gasteiger partial charge in [0.1, 0.15) is 0 Å². The Kier molecular flexibility index (Phi) is 7.20. The first-order valence-corrected chi connectivity index (χ1v) is 11.5. The number of hydrogen-bond donors (Lipinski definition) is 4. The molecule has 0 amide bonds. The van der Waals surface area contributed by atoms with Gasteiger partial charge in [-0.15, -0.1) is 0 Å². The molecule has 1 heterocycles. The van der Waals surface area contributed by atoms with E-state index in [2.05, 4.69) is 17.4 Å². The molecule has 0 bridgehead atoms. The number of fused-ring (bicyclic) bond motifs is 2. The standard InChI is InChI=1S/C25H34N2O4/c26-21-9-7-20-18(8-10-22(28)25(20)29)19(21)5-3-1-2-4-13-27-14-12-17-6-11-23-24(15-17)31-16-30-23/h6,8,10-11,15,19,21,27-29H,1-5,7,9,12-14,16,26H2. The molecule has 0 fully saturated rings. The van der Waals surface area contributed by atoms with Gasteiger partial charge in [0.15, 0.2) is 23.0 Å². The number of unbranched alkanes of at least 4 members (excludes halogenated alkanes) is 3. The number of nitrogens with one attached hydrogen (secondary N) is 1. The van der Waals surface area contributed by atoms with Crippen molar-refractivity contribution in [3.8, 4) is 23.0 Å². The molecule has 0 radical (unpaired) electrons. The lowest BCUT2D eigenvalue weighted by molar-refractivity contribution is 0.174. The van der Waals surface area contributed by atoms with E-state index in [0.717, 1.165) is 67.8 Å². The van der Waals surface area contributed by atoms with Crippen LogP contribution in [0.25, 0.3) is 0 Å². The summed E-state index contributed by atoms with van der Waals surface area (Å²) in [4.78, 5) is 0. The quantitative estimate of drug-likeness (QED) is 0.339. The second kappa shape index (κ2) is 10.2. The van der Waals surface area contributed by atoms with Crippen LogP contribution < -0.4 is 20.5 Å². The molecule has 31 heavy (non-hydrogen) atoms. The van der Waals surface area contributed by atoms with Crippen LogP contribution in [0.3, 0.4) is 0 Å². The first-order valence-electron chi connectivity index (χ1n) is 11.5. The third kappa shape index (κ3) is 5.25. The summed E-state index contributed by atoms with van der Waals surface area (Å²) in [5.74, 6) is 1.98. The number of ether oxygens (including phenoxy) is 2. The Morgan fingerprint density at radius 2 is 1.81 bits per heavy atom. The predicted octanol–water partition coefficient (Wildman–Crippen LogP) is 3.97. The lowest BCUT2D eigenvalue weighted by atomic mass is 9.76. The summed E-state index contributed by atoms with van der Waals surface area (Å²) in [6, 6.07) is 9.82. The Morgan fingerprint density at radius 1 is 0.968 bits per heavy atom. The lowest BCUT2D eigenvalue weighted by Crippen LogP contribution is -2.33. The van der Waals surface area contributed by atoms with Crippen LogP contribution in [0.4, 0.5) is 0 Å². The van der Waals surface area contributed by atoms with Crippen molar-refractivity contribution in [3.05, 3.63) is 47.0 Å². The zero-order chi connectivity index (χ0) is 21.6. The molecule has 2 aromatic rings. The van der Waals surface area contributed by atoms with Gasteiger partial charge in [0.25, 0.3) is 0 Å². The fraction of sp³-hybridized carbons (Fsp3) is 0.520. The zero-order valence-corrected chi connectivity index (χ0v) is 18.1. The summed E-state index contributed by atoms with van der Waals surface area (Å²) in [5, 5.41) is 23.5. The molecule has 2 aliphatic rings. The molecule has 168 valence electrons. The maximum Gasteiger partial charge on any atom is 0.231 e. The smallest absolute Gasteiger partial charge is 0.231 e. The van der Waals surface area contributed by atoms with E-state index in [1.165, 1.54) is 24.8 Å². The molecule has 2 unspecified atom stereocenters. The number of nitrogens with two attached hydrogens (primary N) is 1. The Labute approximate surface area is 184 Å². The van der Waals surface area contributed by atoms with E-state index in [0.29, 0.717) is 6.79 Å². The molecule has 4 rings (SSSR count). The third-order valence-corrected chi connectivity index (χ3v) is 6.59. The van der Waals surface area contributed by atoms with Crippen molar-refractivity contribution in [1.82, 2.24) is 5.32 Å². The molecule has 2 aromatic carbocycles. The highest BCUT2D eigenvalue weighted by Gasteiger charge is 2.29. The number of phenols is 2. The Morgan fingerprint density at radius 3 is 2.71 bits per heavy atom. The van der Waals surface area contributed by atoms with Crippen molar-refractivity contribution >= 4 is 0 Å². The molecule has 6 heteroatoms. The van der Waals surface area contributed by atoms with E-state index >= 15 is 0 Å². The van der Waals surface area contributed by atoms with Crippen molar-refractivity contribution in [2.24, 2.45) is 5.73 Å². The minimum Gasteiger partial charge on any atom is -0.504 e. The number of aromatic hydroxyl groups is 2. The van der Waals surface area contributed by atoms with Crippen molar-refractivity contribution < 1.29 is 19.7 Å². The Hall–Kier alpha value is -2.44. The minimum atomic E-state index is -0.0287. The van der Waals surface area contributed by atoms with Crippen LogP contribution in [0, 0.1) is 0 Å². The van der Waals surface area contributed by atoms with E-state index in [-0.39, 0.29) is 23.5 Å². The van der Waals surface area contributed by atoms with Crippen molar-refractivity contribution in [1.29, 1.82) is 0 Å². The highest BCUT2D eigenvalue weighted by atomic mass is 16.7. The van der Waals surface area contributed by atoms with Gasteiger partial charge in [0, 0.05) is 11.6 Å². The molecule has 0 saturated heterocycles. The van der Waals surface area contributed by atoms with Crippen LogP contribution >= 0.6 is 0 Å². The number of hydrogen-bond acceptors (Lipinski definition) is 6. The summed E-state index contributed by atoms with van der Waals surface area (Å²) in [5.41, 5.74) is 9.66. The fourth-order valence-electron chi connectivity index (χ4n) is 4.78. The van der Waals surface area contributed by atoms with Gasteiger partial charge in [-0.2, -0.15) is 0 Å². The van der Waals surface area contributed by atoms with Crippen LogP contribution in [0.1, 0.15) is 61.1 Å². The van der Waals surface area contributed by atoms with Crippen molar-refractivity contribution in [2.45, 2.75) is 63.3 Å². The second-order valence-corrected chi connectivity index (χ2v) is 8.70. The Balaban J connectivity index is 1.11. The molecular weight excluding hydrogens is 392 g/mol. The molecule has 0 saturated carbocycles. The molecule has 0 aromatic heterocycles. The monoisotopic (exact) mass is 426 g/mol. The fourth-order valence-corrected chi connectivity index (χ4v) is 4.78. The Bertz CT molecular complexity index is 886. The van der Waals surface area contributed by atoms with Crippen molar-refractivity contribution in [2.75, 3.05) is 19.9 Å². The SMILES string of the molecule is NC1CCc2c(ccc(O)c2O)C1CCCCCCNCCc1ccc2c(c1)OCO2. The minimum absolute atomic E-state index is 0.0287. The molecular formula is C25H34N2O4.